The van der Waals surface area contributed by atoms with Crippen LogP contribution < -0.4 is 5.32 Å². The highest BCUT2D eigenvalue weighted by Crippen LogP contribution is 2.26. The van der Waals surface area contributed by atoms with Gasteiger partial charge in [-0.1, -0.05) is 28.3 Å². The number of nitrogens with one attached hydrogen (secondary N) is 1. The van der Waals surface area contributed by atoms with E-state index in [0.29, 0.717) is 22.3 Å². The molecule has 3 rings (SSSR count). The number of carbonyl (C=O) groups is 1. The first kappa shape index (κ1) is 14.7. The largest absolute Gasteiger partial charge is 0.472 e. The third kappa shape index (κ3) is 3.02. The van der Waals surface area contributed by atoms with Crippen molar-refractivity contribution >= 4 is 29.0 Å². The fraction of sp³-hybridized carbons (Fsp3) is 0.250. The minimum atomic E-state index is -0.434. The van der Waals surface area contributed by atoms with Gasteiger partial charge in [-0.2, -0.15) is 4.98 Å². The molecule has 0 fully saturated rings. The summed E-state index contributed by atoms with van der Waals surface area (Å²) in [5.41, 5.74) is 0.431. The van der Waals surface area contributed by atoms with E-state index < -0.39 is 6.04 Å². The third-order valence-corrected chi connectivity index (χ3v) is 4.61. The third-order valence-electron chi connectivity index (χ3n) is 2.72. The summed E-state index contributed by atoms with van der Waals surface area (Å²) in [6.07, 6.45) is 4.72. The van der Waals surface area contributed by atoms with Crippen molar-refractivity contribution in [2.45, 2.75) is 17.3 Å². The van der Waals surface area contributed by atoms with Crippen LogP contribution in [0.25, 0.3) is 10.8 Å². The van der Waals surface area contributed by atoms with Crippen molar-refractivity contribution in [3.63, 3.8) is 0 Å². The molecule has 1 N–H and O–H groups in total. The highest BCUT2D eigenvalue weighted by molar-refractivity contribution is 8.00. The minimum Gasteiger partial charge on any atom is -0.472 e. The maximum absolute atomic E-state index is 11.9. The molecule has 3 heterocycles. The molecule has 10 heteroatoms. The number of hydrogen-bond acceptors (Lipinski definition) is 9. The summed E-state index contributed by atoms with van der Waals surface area (Å²) in [5, 5.41) is 15.2. The molecule has 0 bridgehead atoms. The number of nitrogens with zero attached hydrogens (tertiary/aromatic N) is 4. The first-order valence-electron chi connectivity index (χ1n) is 6.22. The summed E-state index contributed by atoms with van der Waals surface area (Å²) in [6, 6.07) is 1.14. The van der Waals surface area contributed by atoms with Crippen LogP contribution in [0.15, 0.2) is 31.9 Å². The lowest BCUT2D eigenvalue weighted by Gasteiger charge is -2.07. The standard InChI is InChI=1S/C12H11N5O3S2/c1-6(13-9(18)7-3-4-19-5-7)10-14-8(17-20-10)11-15-16-12(21-2)22-11/h3-6H,1-2H3,(H,13,18). The molecule has 0 aromatic carbocycles. The normalized spacial score (nSPS) is 12.3. The van der Waals surface area contributed by atoms with Crippen LogP contribution in [-0.4, -0.2) is 32.5 Å². The van der Waals surface area contributed by atoms with E-state index in [2.05, 4.69) is 25.7 Å². The van der Waals surface area contributed by atoms with E-state index in [1.165, 1.54) is 35.6 Å². The van der Waals surface area contributed by atoms with Gasteiger partial charge in [0.2, 0.25) is 11.7 Å². The smallest absolute Gasteiger partial charge is 0.255 e. The van der Waals surface area contributed by atoms with Crippen LogP contribution in [0.5, 0.6) is 0 Å². The average Bonchev–Trinajstić information content (AvgIpc) is 3.25. The summed E-state index contributed by atoms with van der Waals surface area (Å²) >= 11 is 2.88. The second-order valence-electron chi connectivity index (χ2n) is 4.24. The van der Waals surface area contributed by atoms with Crippen molar-refractivity contribution in [3.8, 4) is 10.8 Å². The van der Waals surface area contributed by atoms with Crippen molar-refractivity contribution in [2.24, 2.45) is 0 Å². The molecule has 114 valence electrons. The highest BCUT2D eigenvalue weighted by atomic mass is 32.2. The van der Waals surface area contributed by atoms with Gasteiger partial charge in [-0.05, 0) is 19.2 Å². The molecule has 0 saturated heterocycles. The predicted molar refractivity (Wildman–Crippen MR) is 79.6 cm³/mol. The lowest BCUT2D eigenvalue weighted by atomic mass is 10.2. The number of thioether (sulfide) groups is 1. The quantitative estimate of drug-likeness (QED) is 0.707. The van der Waals surface area contributed by atoms with Crippen LogP contribution in [0, 0.1) is 0 Å². The summed E-state index contributed by atoms with van der Waals surface area (Å²) in [6.45, 7) is 1.75. The monoisotopic (exact) mass is 337 g/mol. The van der Waals surface area contributed by atoms with Gasteiger partial charge < -0.3 is 14.3 Å². The Morgan fingerprint density at radius 3 is 3.00 bits per heavy atom. The van der Waals surface area contributed by atoms with Gasteiger partial charge in [0, 0.05) is 0 Å². The molecule has 0 aliphatic heterocycles. The Morgan fingerprint density at radius 2 is 2.32 bits per heavy atom. The molecule has 3 aromatic rings. The molecule has 1 unspecified atom stereocenters. The van der Waals surface area contributed by atoms with E-state index in [1.807, 2.05) is 6.26 Å². The molecule has 0 aliphatic rings. The number of hydrogen-bond donors (Lipinski definition) is 1. The molecule has 8 nitrogen and oxygen atoms in total. The van der Waals surface area contributed by atoms with E-state index >= 15 is 0 Å². The SMILES string of the molecule is CSc1nnc(-c2noc(C(C)NC(=O)c3ccoc3)n2)s1. The molecular weight excluding hydrogens is 326 g/mol. The van der Waals surface area contributed by atoms with Gasteiger partial charge in [-0.3, -0.25) is 4.79 Å². The Balaban J connectivity index is 1.71. The summed E-state index contributed by atoms with van der Waals surface area (Å²) < 4.78 is 10.9. The molecule has 1 atom stereocenters. The fourth-order valence-electron chi connectivity index (χ4n) is 1.62. The second kappa shape index (κ2) is 6.28. The minimum absolute atomic E-state index is 0.276. The zero-order valence-corrected chi connectivity index (χ0v) is 13.3. The maximum atomic E-state index is 11.9. The highest BCUT2D eigenvalue weighted by Gasteiger charge is 2.20. The first-order valence-corrected chi connectivity index (χ1v) is 8.26. The Hall–Kier alpha value is -2.20. The van der Waals surface area contributed by atoms with E-state index in [9.17, 15) is 4.79 Å². The molecule has 1 amide bonds. The molecule has 0 spiro atoms. The van der Waals surface area contributed by atoms with E-state index in [-0.39, 0.29) is 5.91 Å². The van der Waals surface area contributed by atoms with Gasteiger partial charge in [-0.15, -0.1) is 10.2 Å². The van der Waals surface area contributed by atoms with Gasteiger partial charge in [-0.25, -0.2) is 0 Å². The summed E-state index contributed by atoms with van der Waals surface area (Å²) in [7, 11) is 0. The number of rotatable bonds is 5. The lowest BCUT2D eigenvalue weighted by molar-refractivity contribution is 0.0932. The fourth-order valence-corrected chi connectivity index (χ4v) is 2.81. The van der Waals surface area contributed by atoms with Crippen molar-refractivity contribution in [1.82, 2.24) is 25.7 Å². The number of furan rings is 1. The molecule has 0 radical (unpaired) electrons. The zero-order valence-electron chi connectivity index (χ0n) is 11.6. The van der Waals surface area contributed by atoms with Crippen molar-refractivity contribution in [3.05, 3.63) is 30.0 Å². The van der Waals surface area contributed by atoms with E-state index in [4.69, 9.17) is 8.94 Å². The van der Waals surface area contributed by atoms with Crippen molar-refractivity contribution in [2.75, 3.05) is 6.26 Å². The summed E-state index contributed by atoms with van der Waals surface area (Å²) in [4.78, 5) is 16.2. The Labute approximate surface area is 133 Å². The zero-order chi connectivity index (χ0) is 15.5. The average molecular weight is 337 g/mol. The molecule has 22 heavy (non-hydrogen) atoms. The second-order valence-corrected chi connectivity index (χ2v) is 6.27. The topological polar surface area (TPSA) is 107 Å². The van der Waals surface area contributed by atoms with Gasteiger partial charge in [0.05, 0.1) is 11.8 Å². The molecule has 3 aromatic heterocycles. The van der Waals surface area contributed by atoms with E-state index in [1.54, 1.807) is 13.0 Å². The van der Waals surface area contributed by atoms with Crippen LogP contribution >= 0.6 is 23.1 Å². The number of carbonyl (C=O) groups excluding carboxylic acids is 1. The maximum Gasteiger partial charge on any atom is 0.255 e. The predicted octanol–water partition coefficient (Wildman–Crippen LogP) is 2.39. The van der Waals surface area contributed by atoms with Crippen LogP contribution in [0.1, 0.15) is 29.2 Å². The van der Waals surface area contributed by atoms with Crippen molar-refractivity contribution < 1.29 is 13.7 Å². The van der Waals surface area contributed by atoms with Gasteiger partial charge in [0.25, 0.3) is 5.91 Å². The van der Waals surface area contributed by atoms with Gasteiger partial charge in [0.15, 0.2) is 9.35 Å². The van der Waals surface area contributed by atoms with Gasteiger partial charge in [0.1, 0.15) is 12.3 Å². The van der Waals surface area contributed by atoms with Gasteiger partial charge >= 0.3 is 0 Å². The van der Waals surface area contributed by atoms with Crippen LogP contribution in [0.4, 0.5) is 0 Å². The summed E-state index contributed by atoms with van der Waals surface area (Å²) in [5.74, 6) is 0.381. The van der Waals surface area contributed by atoms with Crippen LogP contribution in [-0.2, 0) is 0 Å². The van der Waals surface area contributed by atoms with E-state index in [0.717, 1.165) is 4.34 Å². The molecule has 0 saturated carbocycles. The lowest BCUT2D eigenvalue weighted by Crippen LogP contribution is -2.26. The molecule has 0 aliphatic carbocycles. The Bertz CT molecular complexity index is 767. The number of aromatic nitrogens is 4. The van der Waals surface area contributed by atoms with Crippen molar-refractivity contribution in [1.29, 1.82) is 0 Å². The number of amides is 1. The Kier molecular flexibility index (Phi) is 4.20. The Morgan fingerprint density at radius 1 is 1.45 bits per heavy atom. The van der Waals surface area contributed by atoms with Crippen LogP contribution in [0.2, 0.25) is 0 Å². The first-order chi connectivity index (χ1) is 10.7. The van der Waals surface area contributed by atoms with Crippen LogP contribution in [0.3, 0.4) is 0 Å². The molecular formula is C12H11N5O3S2.